The van der Waals surface area contributed by atoms with Gasteiger partial charge >= 0.3 is 0 Å². The van der Waals surface area contributed by atoms with E-state index in [0.717, 1.165) is 16.0 Å². The second-order valence-corrected chi connectivity index (χ2v) is 3.66. The number of aryl methyl sites for hydroxylation is 1. The largest absolute Gasteiger partial charge is 0.242 e. The summed E-state index contributed by atoms with van der Waals surface area (Å²) in [6.45, 7) is 1.99. The van der Waals surface area contributed by atoms with Crippen LogP contribution in [0.5, 0.6) is 0 Å². The third-order valence-corrected chi connectivity index (χ3v) is 2.49. The Bertz CT molecular complexity index is 394. The zero-order chi connectivity index (χ0) is 7.84. The van der Waals surface area contributed by atoms with Crippen molar-refractivity contribution in [3.8, 4) is 0 Å². The van der Waals surface area contributed by atoms with Gasteiger partial charge in [0.2, 0.25) is 0 Å². The van der Waals surface area contributed by atoms with Crippen LogP contribution >= 0.6 is 11.3 Å². The highest BCUT2D eigenvalue weighted by Gasteiger charge is 2.00. The topological polar surface area (TPSA) is 12.9 Å². The van der Waals surface area contributed by atoms with Crippen molar-refractivity contribution in [3.63, 3.8) is 0 Å². The van der Waals surface area contributed by atoms with Gasteiger partial charge in [0.15, 0.2) is 0 Å². The standard InChI is InChI=1S/C8H6BNS/c1-5-10-8-6(9)3-2-4-7(8)11-5/h2-4H,1H3. The van der Waals surface area contributed by atoms with E-state index in [1.165, 1.54) is 4.70 Å². The molecule has 1 heterocycles. The van der Waals surface area contributed by atoms with Crippen LogP contribution in [0.15, 0.2) is 18.2 Å². The number of fused-ring (bicyclic) bond motifs is 1. The van der Waals surface area contributed by atoms with Gasteiger partial charge in [-0.25, -0.2) is 4.98 Å². The highest BCUT2D eigenvalue weighted by Crippen LogP contribution is 2.18. The molecule has 2 rings (SSSR count). The van der Waals surface area contributed by atoms with Crippen LogP contribution in [0.1, 0.15) is 5.01 Å². The van der Waals surface area contributed by atoms with Gasteiger partial charge in [-0.15, -0.1) is 11.3 Å². The van der Waals surface area contributed by atoms with Crippen molar-refractivity contribution in [2.45, 2.75) is 6.92 Å². The monoisotopic (exact) mass is 159 g/mol. The Morgan fingerprint density at radius 3 is 3.00 bits per heavy atom. The number of rotatable bonds is 0. The van der Waals surface area contributed by atoms with E-state index in [1.54, 1.807) is 11.3 Å². The van der Waals surface area contributed by atoms with E-state index in [1.807, 2.05) is 25.1 Å². The molecule has 0 bridgehead atoms. The van der Waals surface area contributed by atoms with Gasteiger partial charge in [-0.1, -0.05) is 17.6 Å². The second-order valence-electron chi connectivity index (χ2n) is 2.43. The molecule has 0 N–H and O–H groups in total. The van der Waals surface area contributed by atoms with Gasteiger partial charge in [0.1, 0.15) is 7.85 Å². The molecular weight excluding hydrogens is 153 g/mol. The first-order chi connectivity index (χ1) is 5.27. The van der Waals surface area contributed by atoms with Gasteiger partial charge in [0.25, 0.3) is 0 Å². The van der Waals surface area contributed by atoms with E-state index in [9.17, 15) is 0 Å². The second kappa shape index (κ2) is 2.34. The molecule has 0 saturated heterocycles. The van der Waals surface area contributed by atoms with Crippen LogP contribution in [0.3, 0.4) is 0 Å². The Balaban J connectivity index is 2.90. The van der Waals surface area contributed by atoms with Gasteiger partial charge in [0.05, 0.1) is 15.2 Å². The molecule has 0 amide bonds. The molecule has 0 aliphatic heterocycles. The molecule has 0 atom stereocenters. The molecule has 0 saturated carbocycles. The summed E-state index contributed by atoms with van der Waals surface area (Å²) in [4.78, 5) is 4.31. The fraction of sp³-hybridized carbons (Fsp3) is 0.125. The Kier molecular flexibility index (Phi) is 1.46. The quantitative estimate of drug-likeness (QED) is 0.529. The van der Waals surface area contributed by atoms with E-state index < -0.39 is 0 Å². The van der Waals surface area contributed by atoms with Gasteiger partial charge in [-0.05, 0) is 13.0 Å². The van der Waals surface area contributed by atoms with Crippen molar-refractivity contribution in [3.05, 3.63) is 23.2 Å². The molecule has 11 heavy (non-hydrogen) atoms. The van der Waals surface area contributed by atoms with Crippen molar-refractivity contribution in [1.82, 2.24) is 4.98 Å². The Labute approximate surface area is 70.5 Å². The lowest BCUT2D eigenvalue weighted by Gasteiger charge is -1.90. The fourth-order valence-corrected chi connectivity index (χ4v) is 1.94. The number of hydrogen-bond acceptors (Lipinski definition) is 2. The average molecular weight is 159 g/mol. The molecule has 3 heteroatoms. The molecule has 2 aromatic rings. The minimum atomic E-state index is 0.770. The van der Waals surface area contributed by atoms with E-state index in [-0.39, 0.29) is 0 Å². The maximum Gasteiger partial charge on any atom is 0.116 e. The number of hydrogen-bond donors (Lipinski definition) is 0. The lowest BCUT2D eigenvalue weighted by Crippen LogP contribution is -2.01. The first kappa shape index (κ1) is 6.86. The summed E-state index contributed by atoms with van der Waals surface area (Å²) >= 11 is 1.68. The molecule has 52 valence electrons. The molecule has 1 aromatic heterocycles. The van der Waals surface area contributed by atoms with Gasteiger partial charge in [-0.2, -0.15) is 0 Å². The molecular formula is C8H6BNS. The smallest absolute Gasteiger partial charge is 0.116 e. The van der Waals surface area contributed by atoms with Gasteiger partial charge in [0, 0.05) is 0 Å². The summed E-state index contributed by atoms with van der Waals surface area (Å²) in [5.41, 5.74) is 1.71. The van der Waals surface area contributed by atoms with Crippen molar-refractivity contribution in [1.29, 1.82) is 0 Å². The molecule has 0 fully saturated rings. The predicted octanol–water partition coefficient (Wildman–Crippen LogP) is 1.40. The normalized spacial score (nSPS) is 10.6. The maximum absolute atomic E-state index is 5.71. The summed E-state index contributed by atoms with van der Waals surface area (Å²) in [7, 11) is 5.71. The molecule has 0 spiro atoms. The maximum atomic E-state index is 5.71. The van der Waals surface area contributed by atoms with Crippen LogP contribution in [-0.4, -0.2) is 12.8 Å². The molecule has 0 unspecified atom stereocenters. The van der Waals surface area contributed by atoms with Crippen molar-refractivity contribution in [2.75, 3.05) is 0 Å². The minimum absolute atomic E-state index is 0.770. The highest BCUT2D eigenvalue weighted by atomic mass is 32.1. The van der Waals surface area contributed by atoms with Crippen LogP contribution in [0.4, 0.5) is 0 Å². The Morgan fingerprint density at radius 1 is 1.45 bits per heavy atom. The Hall–Kier alpha value is -0.825. The number of aromatic nitrogens is 1. The molecule has 2 radical (unpaired) electrons. The number of thiazole rings is 1. The third kappa shape index (κ3) is 1.05. The molecule has 1 nitrogen and oxygen atoms in total. The lowest BCUT2D eigenvalue weighted by molar-refractivity contribution is 1.35. The minimum Gasteiger partial charge on any atom is -0.242 e. The summed E-state index contributed by atoms with van der Waals surface area (Å²) in [5, 5.41) is 1.07. The Morgan fingerprint density at radius 2 is 2.27 bits per heavy atom. The van der Waals surface area contributed by atoms with E-state index in [2.05, 4.69) is 4.98 Å². The van der Waals surface area contributed by atoms with Gasteiger partial charge in [-0.3, -0.25) is 0 Å². The molecule has 1 aromatic carbocycles. The SMILES string of the molecule is [B]c1cccc2sc(C)nc12. The van der Waals surface area contributed by atoms with E-state index in [4.69, 9.17) is 7.85 Å². The highest BCUT2D eigenvalue weighted by molar-refractivity contribution is 7.18. The number of para-hydroxylation sites is 1. The first-order valence-corrected chi connectivity index (χ1v) is 4.20. The zero-order valence-electron chi connectivity index (χ0n) is 6.16. The predicted molar refractivity (Wildman–Crippen MR) is 49.7 cm³/mol. The van der Waals surface area contributed by atoms with Crippen LogP contribution in [-0.2, 0) is 0 Å². The fourth-order valence-electron chi connectivity index (χ4n) is 1.08. The van der Waals surface area contributed by atoms with Crippen LogP contribution in [0.25, 0.3) is 10.2 Å². The van der Waals surface area contributed by atoms with Crippen molar-refractivity contribution >= 4 is 34.9 Å². The summed E-state index contributed by atoms with van der Waals surface area (Å²) < 4.78 is 1.17. The van der Waals surface area contributed by atoms with Crippen LogP contribution in [0, 0.1) is 6.92 Å². The van der Waals surface area contributed by atoms with Crippen molar-refractivity contribution < 1.29 is 0 Å². The van der Waals surface area contributed by atoms with E-state index >= 15 is 0 Å². The van der Waals surface area contributed by atoms with Gasteiger partial charge < -0.3 is 0 Å². The first-order valence-electron chi connectivity index (χ1n) is 3.39. The summed E-state index contributed by atoms with van der Waals surface area (Å²) in [5.74, 6) is 0. The summed E-state index contributed by atoms with van der Waals surface area (Å²) in [6, 6.07) is 5.87. The molecule has 0 aliphatic rings. The van der Waals surface area contributed by atoms with E-state index in [0.29, 0.717) is 0 Å². The summed E-state index contributed by atoms with van der Waals surface area (Å²) in [6.07, 6.45) is 0. The number of nitrogens with zero attached hydrogens (tertiary/aromatic N) is 1. The number of benzene rings is 1. The lowest BCUT2D eigenvalue weighted by atomic mass is 9.95. The molecule has 0 aliphatic carbocycles. The average Bonchev–Trinajstić information content (AvgIpc) is 2.31. The zero-order valence-corrected chi connectivity index (χ0v) is 6.98. The van der Waals surface area contributed by atoms with Crippen LogP contribution < -0.4 is 5.46 Å². The van der Waals surface area contributed by atoms with Crippen molar-refractivity contribution in [2.24, 2.45) is 0 Å². The third-order valence-electron chi connectivity index (χ3n) is 1.56. The van der Waals surface area contributed by atoms with Crippen LogP contribution in [0.2, 0.25) is 0 Å².